The van der Waals surface area contributed by atoms with Gasteiger partial charge >= 0.3 is 0 Å². The molecule has 0 saturated carbocycles. The molecular weight excluding hydrogens is 292 g/mol. The molecule has 0 atom stereocenters. The van der Waals surface area contributed by atoms with Gasteiger partial charge in [-0.1, -0.05) is 13.2 Å². The summed E-state index contributed by atoms with van der Waals surface area (Å²) in [5.74, 6) is 0. The van der Waals surface area contributed by atoms with Gasteiger partial charge in [0.25, 0.3) is 5.69 Å². The first kappa shape index (κ1) is 18.7. The summed E-state index contributed by atoms with van der Waals surface area (Å²) in [6.45, 7) is 13.0. The third kappa shape index (κ3) is 4.82. The van der Waals surface area contributed by atoms with Gasteiger partial charge in [0.05, 0.1) is 4.92 Å². The second-order valence-corrected chi connectivity index (χ2v) is 5.96. The Labute approximate surface area is 138 Å². The van der Waals surface area contributed by atoms with Gasteiger partial charge in [0, 0.05) is 43.3 Å². The predicted octanol–water partition coefficient (Wildman–Crippen LogP) is 3.47. The quantitative estimate of drug-likeness (QED) is 0.542. The molecule has 0 spiro atoms. The summed E-state index contributed by atoms with van der Waals surface area (Å²) < 4.78 is 0. The molecule has 0 heterocycles. The first-order chi connectivity index (χ1) is 10.6. The number of rotatable bonds is 8. The van der Waals surface area contributed by atoms with Crippen LogP contribution < -0.4 is 9.80 Å². The number of benzene rings is 1. The summed E-state index contributed by atoms with van der Waals surface area (Å²) >= 11 is 0. The van der Waals surface area contributed by atoms with E-state index >= 15 is 0 Å². The van der Waals surface area contributed by atoms with Crippen LogP contribution in [-0.4, -0.2) is 44.1 Å². The van der Waals surface area contributed by atoms with E-state index in [0.717, 1.165) is 18.8 Å². The Kier molecular flexibility index (Phi) is 6.33. The molecule has 0 saturated heterocycles. The average Bonchev–Trinajstić information content (AvgIpc) is 2.44. The van der Waals surface area contributed by atoms with Gasteiger partial charge in [-0.05, 0) is 40.1 Å². The number of nitrogens with zero attached hydrogens (tertiary/aromatic N) is 4. The second kappa shape index (κ2) is 7.78. The van der Waals surface area contributed by atoms with Crippen molar-refractivity contribution in [2.75, 3.05) is 44.0 Å². The van der Waals surface area contributed by atoms with E-state index in [2.05, 4.69) is 18.1 Å². The fourth-order valence-electron chi connectivity index (χ4n) is 2.30. The van der Waals surface area contributed by atoms with Crippen LogP contribution in [-0.2, 0) is 0 Å². The minimum atomic E-state index is -0.364. The largest absolute Gasteiger partial charge is 0.373 e. The molecule has 1 aromatic rings. The van der Waals surface area contributed by atoms with Crippen molar-refractivity contribution in [3.05, 3.63) is 52.9 Å². The minimum Gasteiger partial charge on any atom is -0.373 e. The summed E-state index contributed by atoms with van der Waals surface area (Å²) in [4.78, 5) is 16.9. The van der Waals surface area contributed by atoms with E-state index in [4.69, 9.17) is 0 Å². The van der Waals surface area contributed by atoms with E-state index in [0.29, 0.717) is 17.1 Å². The number of nitro groups is 1. The maximum atomic E-state index is 11.5. The van der Waals surface area contributed by atoms with Gasteiger partial charge in [-0.3, -0.25) is 10.1 Å². The monoisotopic (exact) mass is 318 g/mol. The molecule has 0 radical (unpaired) electrons. The molecule has 0 fully saturated rings. The van der Waals surface area contributed by atoms with Gasteiger partial charge < -0.3 is 14.7 Å². The molecule has 0 aromatic heterocycles. The van der Waals surface area contributed by atoms with Crippen LogP contribution in [0.25, 0.3) is 0 Å². The lowest BCUT2D eigenvalue weighted by atomic mass is 10.2. The molecule has 0 N–H and O–H groups in total. The van der Waals surface area contributed by atoms with Crippen LogP contribution in [0.1, 0.15) is 13.8 Å². The third-order valence-corrected chi connectivity index (χ3v) is 3.48. The van der Waals surface area contributed by atoms with E-state index in [9.17, 15) is 10.1 Å². The van der Waals surface area contributed by atoms with Crippen molar-refractivity contribution < 1.29 is 4.92 Å². The molecule has 0 aliphatic rings. The Balaban J connectivity index is 3.24. The van der Waals surface area contributed by atoms with E-state index in [1.807, 2.05) is 32.1 Å². The zero-order valence-electron chi connectivity index (χ0n) is 14.7. The summed E-state index contributed by atoms with van der Waals surface area (Å²) in [5.41, 5.74) is 2.72. The Morgan fingerprint density at radius 1 is 1.13 bits per heavy atom. The molecule has 0 unspecified atom stereocenters. The lowest BCUT2D eigenvalue weighted by Crippen LogP contribution is -2.28. The van der Waals surface area contributed by atoms with Crippen molar-refractivity contribution >= 4 is 17.1 Å². The molecule has 23 heavy (non-hydrogen) atoms. The number of nitro benzene ring substituents is 1. The van der Waals surface area contributed by atoms with E-state index in [1.54, 1.807) is 30.9 Å². The molecule has 6 nitrogen and oxygen atoms in total. The van der Waals surface area contributed by atoms with Crippen molar-refractivity contribution in [2.24, 2.45) is 0 Å². The van der Waals surface area contributed by atoms with Crippen LogP contribution in [0, 0.1) is 10.1 Å². The SMILES string of the molecule is C=C(C)N(C(=C)C)c1ccc(N(C)CCN(C)C)cc1[N+](=O)[O-]. The van der Waals surface area contributed by atoms with Gasteiger partial charge in [-0.2, -0.15) is 0 Å². The van der Waals surface area contributed by atoms with Crippen LogP contribution >= 0.6 is 0 Å². The normalized spacial score (nSPS) is 10.5. The van der Waals surface area contributed by atoms with Gasteiger partial charge in [0.15, 0.2) is 0 Å². The Hall–Kier alpha value is -2.34. The summed E-state index contributed by atoms with van der Waals surface area (Å²) in [7, 11) is 5.92. The van der Waals surface area contributed by atoms with E-state index in [-0.39, 0.29) is 10.6 Å². The van der Waals surface area contributed by atoms with Crippen molar-refractivity contribution in [1.82, 2.24) is 4.90 Å². The van der Waals surface area contributed by atoms with Gasteiger partial charge in [-0.25, -0.2) is 0 Å². The number of hydrogen-bond donors (Lipinski definition) is 0. The molecule has 0 aliphatic carbocycles. The molecule has 0 amide bonds. The maximum absolute atomic E-state index is 11.5. The third-order valence-electron chi connectivity index (χ3n) is 3.48. The summed E-state index contributed by atoms with van der Waals surface area (Å²) in [6, 6.07) is 5.24. The van der Waals surface area contributed by atoms with Crippen LogP contribution in [0.5, 0.6) is 0 Å². The number of allylic oxidation sites excluding steroid dienone is 2. The lowest BCUT2D eigenvalue weighted by Gasteiger charge is -2.26. The van der Waals surface area contributed by atoms with Crippen LogP contribution in [0.3, 0.4) is 0 Å². The Bertz CT molecular complexity index is 597. The van der Waals surface area contributed by atoms with Crippen molar-refractivity contribution in [3.63, 3.8) is 0 Å². The highest BCUT2D eigenvalue weighted by Gasteiger charge is 2.22. The first-order valence-corrected chi connectivity index (χ1v) is 7.40. The predicted molar refractivity (Wildman–Crippen MR) is 97.0 cm³/mol. The molecule has 1 aromatic carbocycles. The zero-order valence-corrected chi connectivity index (χ0v) is 14.7. The first-order valence-electron chi connectivity index (χ1n) is 7.40. The highest BCUT2D eigenvalue weighted by atomic mass is 16.6. The topological polar surface area (TPSA) is 52.9 Å². The lowest BCUT2D eigenvalue weighted by molar-refractivity contribution is -0.384. The van der Waals surface area contributed by atoms with Crippen LogP contribution in [0.4, 0.5) is 17.1 Å². The van der Waals surface area contributed by atoms with E-state index in [1.165, 1.54) is 0 Å². The van der Waals surface area contributed by atoms with Gasteiger partial charge in [-0.15, -0.1) is 0 Å². The van der Waals surface area contributed by atoms with Crippen molar-refractivity contribution in [3.8, 4) is 0 Å². The van der Waals surface area contributed by atoms with E-state index < -0.39 is 0 Å². The standard InChI is InChI=1S/C17H26N4O2/c1-13(2)20(14(3)4)16-9-8-15(12-17(16)21(22)23)19(7)11-10-18(5)6/h8-9,12H,1,3,10-11H2,2,4-7H3. The molecular formula is C17H26N4O2. The van der Waals surface area contributed by atoms with Gasteiger partial charge in [0.1, 0.15) is 5.69 Å². The number of likely N-dealkylation sites (N-methyl/N-ethyl adjacent to an activating group) is 2. The number of hydrogen-bond acceptors (Lipinski definition) is 5. The molecule has 0 bridgehead atoms. The van der Waals surface area contributed by atoms with Crippen molar-refractivity contribution in [2.45, 2.75) is 13.8 Å². The minimum absolute atomic E-state index is 0.0465. The fraction of sp³-hybridized carbons (Fsp3) is 0.412. The van der Waals surface area contributed by atoms with Crippen LogP contribution in [0.2, 0.25) is 0 Å². The highest BCUT2D eigenvalue weighted by Crippen LogP contribution is 2.35. The fourth-order valence-corrected chi connectivity index (χ4v) is 2.30. The Morgan fingerprint density at radius 3 is 2.13 bits per heavy atom. The average molecular weight is 318 g/mol. The zero-order chi connectivity index (χ0) is 17.7. The second-order valence-electron chi connectivity index (χ2n) is 5.96. The summed E-state index contributed by atoms with van der Waals surface area (Å²) in [6.07, 6.45) is 0. The van der Waals surface area contributed by atoms with Crippen molar-refractivity contribution in [1.29, 1.82) is 0 Å². The smallest absolute Gasteiger partial charge is 0.295 e. The molecule has 1 rings (SSSR count). The maximum Gasteiger partial charge on any atom is 0.295 e. The van der Waals surface area contributed by atoms with Gasteiger partial charge in [0.2, 0.25) is 0 Å². The molecule has 6 heteroatoms. The molecule has 0 aliphatic heterocycles. The highest BCUT2D eigenvalue weighted by molar-refractivity contribution is 5.73. The number of anilines is 2. The van der Waals surface area contributed by atoms with Crippen LogP contribution in [0.15, 0.2) is 42.8 Å². The summed E-state index contributed by atoms with van der Waals surface area (Å²) in [5, 5.41) is 11.5. The Morgan fingerprint density at radius 2 is 1.70 bits per heavy atom. The molecule has 126 valence electrons.